The van der Waals surface area contributed by atoms with Crippen molar-refractivity contribution in [3.8, 4) is 0 Å². The number of anilines is 1. The van der Waals surface area contributed by atoms with Crippen molar-refractivity contribution < 1.29 is 85.6 Å². The van der Waals surface area contributed by atoms with Gasteiger partial charge in [0.1, 0.15) is 36.3 Å². The van der Waals surface area contributed by atoms with Crippen LogP contribution in [0.4, 0.5) is 5.82 Å². The molecule has 25 nitrogen and oxygen atoms in total. The van der Waals surface area contributed by atoms with Crippen molar-refractivity contribution in [2.75, 3.05) is 50.1 Å². The van der Waals surface area contributed by atoms with Crippen LogP contribution in [0.2, 0.25) is 0 Å². The van der Waals surface area contributed by atoms with E-state index in [1.54, 1.807) is 11.8 Å². The minimum absolute atomic E-state index is 0.0145. The molecule has 2 aromatic heterocycles. The Kier molecular flexibility index (Phi) is 22.5. The van der Waals surface area contributed by atoms with Crippen LogP contribution < -0.4 is 16.4 Å². The van der Waals surface area contributed by atoms with E-state index in [0.717, 1.165) is 67.5 Å². The van der Waals surface area contributed by atoms with Gasteiger partial charge < -0.3 is 56.0 Å². The minimum atomic E-state index is -5.58. The van der Waals surface area contributed by atoms with Gasteiger partial charge in [0.25, 0.3) is 0 Å². The number of nitrogens with zero attached hydrogens (tertiary/aromatic N) is 4. The third kappa shape index (κ3) is 18.9. The number of aromatic nitrogens is 4. The van der Waals surface area contributed by atoms with E-state index in [4.69, 9.17) is 24.6 Å². The van der Waals surface area contributed by atoms with Gasteiger partial charge in [-0.05, 0) is 19.3 Å². The number of fused-ring (bicyclic) bond motifs is 1. The number of phosphoric ester groups is 3. The highest BCUT2D eigenvalue weighted by Gasteiger charge is 2.50. The number of thioether (sulfide) groups is 2. The van der Waals surface area contributed by atoms with E-state index in [0.29, 0.717) is 23.2 Å². The molecule has 1 aliphatic rings. The summed E-state index contributed by atoms with van der Waals surface area (Å²) in [6.07, 6.45) is -0.459. The number of carbonyl (C=O) groups is 3. The van der Waals surface area contributed by atoms with E-state index in [9.17, 15) is 57.9 Å². The molecule has 360 valence electrons. The van der Waals surface area contributed by atoms with Crippen LogP contribution in [0.25, 0.3) is 11.2 Å². The number of hydrogen-bond donors (Lipinski definition) is 10. The molecule has 3 rings (SSSR count). The number of nitrogens with two attached hydrogens (primary N) is 1. The van der Waals surface area contributed by atoms with Crippen LogP contribution in [0.5, 0.6) is 0 Å². The van der Waals surface area contributed by atoms with E-state index in [-0.39, 0.29) is 48.2 Å². The number of imidazole rings is 1. The number of hydrogen-bond acceptors (Lipinski definition) is 20. The molecule has 0 spiro atoms. The number of phosphoric acid groups is 3. The van der Waals surface area contributed by atoms with Gasteiger partial charge in [0.2, 0.25) is 11.8 Å². The molecule has 3 heterocycles. The molecule has 1 fully saturated rings. The first-order chi connectivity index (χ1) is 29.5. The van der Waals surface area contributed by atoms with Crippen molar-refractivity contribution in [2.45, 2.75) is 108 Å². The largest absolute Gasteiger partial charge is 0.481 e. The summed E-state index contributed by atoms with van der Waals surface area (Å²) in [4.78, 5) is 88.3. The maximum absolute atomic E-state index is 12.7. The second kappa shape index (κ2) is 25.7. The molecule has 30 heteroatoms. The summed E-state index contributed by atoms with van der Waals surface area (Å²) in [6, 6.07) is 0. The van der Waals surface area contributed by atoms with Crippen molar-refractivity contribution in [3.05, 3.63) is 12.7 Å². The Morgan fingerprint density at radius 3 is 2.37 bits per heavy atom. The first-order valence-corrected chi connectivity index (χ1v) is 26.3. The van der Waals surface area contributed by atoms with Crippen molar-refractivity contribution in [1.82, 2.24) is 30.2 Å². The number of nitrogens with one attached hydrogen (secondary N) is 2. The zero-order valence-corrected chi connectivity index (χ0v) is 39.2. The van der Waals surface area contributed by atoms with E-state index in [1.165, 1.54) is 13.8 Å². The highest BCUT2D eigenvalue weighted by atomic mass is 32.2. The van der Waals surface area contributed by atoms with Gasteiger partial charge in [-0.3, -0.25) is 32.5 Å². The molecule has 2 amide bonds. The van der Waals surface area contributed by atoms with Crippen LogP contribution in [-0.4, -0.2) is 145 Å². The molecule has 0 aromatic carbocycles. The first-order valence-electron chi connectivity index (χ1n) is 19.8. The molecule has 0 radical (unpaired) electrons. The average molecular weight is 998 g/mol. The van der Waals surface area contributed by atoms with Gasteiger partial charge in [-0.15, -0.1) is 0 Å². The Bertz CT molecular complexity index is 1950. The van der Waals surface area contributed by atoms with E-state index in [2.05, 4.69) is 41.3 Å². The molecule has 8 atom stereocenters. The molecular formula is C33H58N7O18P3S2. The van der Waals surface area contributed by atoms with Gasteiger partial charge in [0.05, 0.1) is 26.1 Å². The molecule has 0 saturated carbocycles. The summed E-state index contributed by atoms with van der Waals surface area (Å²) in [6.45, 7) is 2.75. The Morgan fingerprint density at radius 2 is 1.68 bits per heavy atom. The average Bonchev–Trinajstić information content (AvgIpc) is 3.76. The number of ether oxygens (including phenoxy) is 1. The summed E-state index contributed by atoms with van der Waals surface area (Å²) in [5, 5.41) is 36.1. The number of unbranched alkanes of at least 4 members (excludes halogenated alkanes) is 2. The third-order valence-electron chi connectivity index (χ3n) is 9.25. The number of amides is 2. The molecule has 2 unspecified atom stereocenters. The zero-order valence-electron chi connectivity index (χ0n) is 34.9. The van der Waals surface area contributed by atoms with Gasteiger partial charge in [-0.2, -0.15) is 16.1 Å². The van der Waals surface area contributed by atoms with Crippen molar-refractivity contribution in [2.24, 2.45) is 5.41 Å². The van der Waals surface area contributed by atoms with Crippen LogP contribution in [-0.2, 0) is 50.7 Å². The Hall–Kier alpha value is -2.13. The number of carbonyl (C=O) groups excluding carboxylic acids is 3. The normalized spacial score (nSPS) is 21.1. The van der Waals surface area contributed by atoms with Crippen LogP contribution in [0, 0.1) is 5.41 Å². The smallest absolute Gasteiger partial charge is 0.396 e. The lowest BCUT2D eigenvalue weighted by Gasteiger charge is -2.30. The molecule has 1 aliphatic heterocycles. The fourth-order valence-electron chi connectivity index (χ4n) is 5.99. The predicted octanol–water partition coefficient (Wildman–Crippen LogP) is 1.51. The summed E-state index contributed by atoms with van der Waals surface area (Å²) < 4.78 is 62.3. The Morgan fingerprint density at radius 1 is 0.984 bits per heavy atom. The quantitative estimate of drug-likeness (QED) is 0.0392. The monoisotopic (exact) mass is 997 g/mol. The molecule has 11 N–H and O–H groups in total. The van der Waals surface area contributed by atoms with Crippen LogP contribution in [0.1, 0.15) is 78.4 Å². The van der Waals surface area contributed by atoms with Gasteiger partial charge >= 0.3 is 23.5 Å². The summed E-state index contributed by atoms with van der Waals surface area (Å²) in [7, 11) is -16.4. The van der Waals surface area contributed by atoms with Gasteiger partial charge in [0, 0.05) is 48.1 Å². The lowest BCUT2D eigenvalue weighted by molar-refractivity contribution is -0.137. The fraction of sp³-hybridized carbons (Fsp3) is 0.758. The lowest BCUT2D eigenvalue weighted by Crippen LogP contribution is -2.46. The second-order valence-electron chi connectivity index (χ2n) is 14.9. The maximum Gasteiger partial charge on any atom is 0.481 e. The van der Waals surface area contributed by atoms with Crippen LogP contribution >= 0.6 is 47.0 Å². The summed E-state index contributed by atoms with van der Waals surface area (Å²) >= 11 is 2.85. The molecular weight excluding hydrogens is 939 g/mol. The Balaban J connectivity index is 1.40. The summed E-state index contributed by atoms with van der Waals surface area (Å²) in [5.74, 6) is -0.432. The SMILES string of the molecule is CCCCC[C@H](CCCC(=O)SCCNC(=O)CCNC(=O)[C@H](O)C(C)(C)COP(=O)(O)OP(=O)(O)OC[C@H]1O[C@@H](n2cnc3c(N)ncnc32)[C@H](O)[C@@H]1OP(=O)(O)O)SCCO. The molecule has 0 bridgehead atoms. The number of nitrogen functional groups attached to an aromatic ring is 1. The first kappa shape index (κ1) is 55.2. The molecule has 2 aromatic rings. The maximum atomic E-state index is 12.7. The number of aliphatic hydroxyl groups excluding tert-OH is 3. The minimum Gasteiger partial charge on any atom is -0.396 e. The van der Waals surface area contributed by atoms with E-state index >= 15 is 0 Å². The van der Waals surface area contributed by atoms with Gasteiger partial charge in [-0.25, -0.2) is 28.6 Å². The molecule has 1 saturated heterocycles. The highest BCUT2D eigenvalue weighted by molar-refractivity contribution is 8.13. The van der Waals surface area contributed by atoms with Gasteiger partial charge in [0.15, 0.2) is 22.8 Å². The van der Waals surface area contributed by atoms with E-state index in [1.807, 2.05) is 0 Å². The van der Waals surface area contributed by atoms with E-state index < -0.39 is 84.6 Å². The highest BCUT2D eigenvalue weighted by Crippen LogP contribution is 2.61. The van der Waals surface area contributed by atoms with Crippen LogP contribution in [0.3, 0.4) is 0 Å². The van der Waals surface area contributed by atoms with Crippen LogP contribution in [0.15, 0.2) is 12.7 Å². The summed E-state index contributed by atoms with van der Waals surface area (Å²) in [5.41, 5.74) is 4.26. The zero-order chi connectivity index (χ0) is 47.0. The Labute approximate surface area is 371 Å². The lowest BCUT2D eigenvalue weighted by atomic mass is 9.87. The topological polar surface area (TPSA) is 384 Å². The van der Waals surface area contributed by atoms with Crippen molar-refractivity contribution in [1.29, 1.82) is 0 Å². The standard InChI is InChI=1S/C33H58N7O18P3S2/c1-4-5-6-8-21(62-16-14-41)9-7-10-24(43)63-15-13-35-23(42)11-12-36-31(46)28(45)33(2,3)18-55-61(52,53)58-60(50,51)54-17-22-27(57-59(47,48)49)26(44)32(56-22)40-20-39-25-29(34)37-19-38-30(25)40/h19-22,26-28,32,41,44-45H,4-18H2,1-3H3,(H,35,42)(H,36,46)(H,50,51)(H,52,53)(H2,34,37,38)(H2,47,48,49)/t21-,22-,26-,27-,28+,32-/m1/s1. The third-order valence-corrected chi connectivity index (χ3v) is 14.6. The molecule has 63 heavy (non-hydrogen) atoms. The van der Waals surface area contributed by atoms with Crippen molar-refractivity contribution in [3.63, 3.8) is 0 Å². The molecule has 0 aliphatic carbocycles. The fourth-order valence-corrected chi connectivity index (χ4v) is 10.6. The second-order valence-corrected chi connectivity index (χ2v) is 21.7. The number of aliphatic hydroxyl groups is 3. The van der Waals surface area contributed by atoms with Gasteiger partial charge in [-0.1, -0.05) is 51.8 Å². The number of rotatable bonds is 30. The van der Waals surface area contributed by atoms with Crippen molar-refractivity contribution >= 4 is 80.9 Å². The predicted molar refractivity (Wildman–Crippen MR) is 228 cm³/mol.